The van der Waals surface area contributed by atoms with Crippen LogP contribution in [-0.2, 0) is 19.1 Å². The first-order chi connectivity index (χ1) is 8.77. The lowest BCUT2D eigenvalue weighted by Crippen LogP contribution is -2.41. The third-order valence-corrected chi connectivity index (χ3v) is 2.49. The lowest BCUT2D eigenvalue weighted by Gasteiger charge is -2.29. The van der Waals surface area contributed by atoms with Crippen molar-refractivity contribution in [1.82, 2.24) is 0 Å². The van der Waals surface area contributed by atoms with Gasteiger partial charge in [-0.1, -0.05) is 6.07 Å². The van der Waals surface area contributed by atoms with Crippen LogP contribution in [0.5, 0.6) is 0 Å². The zero-order valence-electron chi connectivity index (χ0n) is 10.8. The van der Waals surface area contributed by atoms with Crippen LogP contribution >= 0.6 is 0 Å². The number of hydrogen-bond donors (Lipinski definition) is 0. The quantitative estimate of drug-likeness (QED) is 0.444. The number of carbonyl (C=O) groups is 2. The minimum Gasteiger partial charge on any atom is -0.419 e. The van der Waals surface area contributed by atoms with E-state index in [4.69, 9.17) is 9.47 Å². The first-order valence-corrected chi connectivity index (χ1v) is 5.72. The first-order valence-electron chi connectivity index (χ1n) is 5.72. The van der Waals surface area contributed by atoms with Gasteiger partial charge in [0, 0.05) is 13.8 Å². The molecule has 0 saturated carbocycles. The van der Waals surface area contributed by atoms with Crippen LogP contribution in [0.15, 0.2) is 23.8 Å². The molecular weight excluding hydrogens is 251 g/mol. The van der Waals surface area contributed by atoms with E-state index in [1.54, 1.807) is 13.0 Å². The zero-order valence-corrected chi connectivity index (χ0v) is 10.8. The summed E-state index contributed by atoms with van der Waals surface area (Å²) in [5.74, 6) is -3.26. The van der Waals surface area contributed by atoms with Crippen LogP contribution in [-0.4, -0.2) is 17.7 Å². The maximum absolute atomic E-state index is 13.2. The van der Waals surface area contributed by atoms with Crippen molar-refractivity contribution < 1.29 is 23.5 Å². The summed E-state index contributed by atoms with van der Waals surface area (Å²) in [7, 11) is 0. The SMILES string of the molecule is Cc1cc(F)cc(C=C2C(=O)OC(C)(C)OC2=O)c1. The number of cyclic esters (lactones) is 2. The summed E-state index contributed by atoms with van der Waals surface area (Å²) in [6, 6.07) is 4.22. The normalized spacial score (nSPS) is 17.8. The second-order valence-corrected chi connectivity index (χ2v) is 4.80. The lowest BCUT2D eigenvalue weighted by molar-refractivity contribution is -0.222. The molecule has 0 aliphatic carbocycles. The number of hydrogen-bond acceptors (Lipinski definition) is 4. The van der Waals surface area contributed by atoms with E-state index in [-0.39, 0.29) is 5.57 Å². The molecule has 0 spiro atoms. The highest BCUT2D eigenvalue weighted by Crippen LogP contribution is 2.24. The second-order valence-electron chi connectivity index (χ2n) is 4.80. The Labute approximate surface area is 109 Å². The summed E-state index contributed by atoms with van der Waals surface area (Å²) in [5, 5.41) is 0. The van der Waals surface area contributed by atoms with E-state index >= 15 is 0 Å². The fourth-order valence-corrected chi connectivity index (χ4v) is 1.79. The second kappa shape index (κ2) is 4.50. The number of rotatable bonds is 1. The Morgan fingerprint density at radius 2 is 1.68 bits per heavy atom. The lowest BCUT2D eigenvalue weighted by atomic mass is 10.1. The van der Waals surface area contributed by atoms with Crippen molar-refractivity contribution in [2.24, 2.45) is 0 Å². The van der Waals surface area contributed by atoms with Gasteiger partial charge in [-0.05, 0) is 36.3 Å². The van der Waals surface area contributed by atoms with E-state index < -0.39 is 23.5 Å². The fraction of sp³-hybridized carbons (Fsp3) is 0.286. The molecule has 1 aromatic carbocycles. The summed E-state index contributed by atoms with van der Waals surface area (Å²) < 4.78 is 23.1. The van der Waals surface area contributed by atoms with Gasteiger partial charge in [-0.25, -0.2) is 14.0 Å². The van der Waals surface area contributed by atoms with Crippen molar-refractivity contribution in [3.8, 4) is 0 Å². The summed E-state index contributed by atoms with van der Waals surface area (Å²) in [4.78, 5) is 23.4. The molecule has 0 atom stereocenters. The first kappa shape index (κ1) is 13.3. The topological polar surface area (TPSA) is 52.6 Å². The van der Waals surface area contributed by atoms with E-state index in [2.05, 4.69) is 0 Å². The van der Waals surface area contributed by atoms with E-state index in [9.17, 15) is 14.0 Å². The molecule has 100 valence electrons. The predicted octanol–water partition coefficient (Wildman–Crippen LogP) is 2.35. The molecule has 5 heteroatoms. The molecule has 19 heavy (non-hydrogen) atoms. The Morgan fingerprint density at radius 1 is 1.11 bits per heavy atom. The average Bonchev–Trinajstić information content (AvgIpc) is 2.20. The average molecular weight is 264 g/mol. The van der Waals surface area contributed by atoms with Crippen LogP contribution in [0.25, 0.3) is 6.08 Å². The monoisotopic (exact) mass is 264 g/mol. The molecule has 0 bridgehead atoms. The molecule has 1 saturated heterocycles. The third-order valence-electron chi connectivity index (χ3n) is 2.49. The van der Waals surface area contributed by atoms with E-state index in [1.165, 1.54) is 32.1 Å². The molecule has 2 rings (SSSR count). The number of aryl methyl sites for hydroxylation is 1. The van der Waals surface area contributed by atoms with Crippen LogP contribution < -0.4 is 0 Å². The number of esters is 2. The van der Waals surface area contributed by atoms with Crippen LogP contribution in [0.1, 0.15) is 25.0 Å². The van der Waals surface area contributed by atoms with E-state index in [0.717, 1.165) is 0 Å². The Kier molecular flexibility index (Phi) is 3.14. The molecule has 0 radical (unpaired) electrons. The van der Waals surface area contributed by atoms with Crippen LogP contribution in [0, 0.1) is 12.7 Å². The van der Waals surface area contributed by atoms with Gasteiger partial charge >= 0.3 is 11.9 Å². The molecule has 0 aromatic heterocycles. The molecule has 1 aliphatic rings. The summed E-state index contributed by atoms with van der Waals surface area (Å²) in [5.41, 5.74) is 0.843. The highest BCUT2D eigenvalue weighted by molar-refractivity contribution is 6.18. The molecule has 1 heterocycles. The molecule has 1 aliphatic heterocycles. The Balaban J connectivity index is 2.38. The van der Waals surface area contributed by atoms with Crippen molar-refractivity contribution in [1.29, 1.82) is 0 Å². The molecule has 1 fully saturated rings. The van der Waals surface area contributed by atoms with Crippen LogP contribution in [0.2, 0.25) is 0 Å². The van der Waals surface area contributed by atoms with E-state index in [1.807, 2.05) is 0 Å². The molecule has 0 N–H and O–H groups in total. The Hall–Kier alpha value is -2.17. The predicted molar refractivity (Wildman–Crippen MR) is 65.4 cm³/mol. The number of ether oxygens (including phenoxy) is 2. The maximum Gasteiger partial charge on any atom is 0.348 e. The summed E-state index contributed by atoms with van der Waals surface area (Å²) in [6.07, 6.45) is 1.26. The van der Waals surface area contributed by atoms with Crippen molar-refractivity contribution in [3.05, 3.63) is 40.7 Å². The molecule has 0 unspecified atom stereocenters. The van der Waals surface area contributed by atoms with Gasteiger partial charge in [-0.15, -0.1) is 0 Å². The van der Waals surface area contributed by atoms with Crippen molar-refractivity contribution >= 4 is 18.0 Å². The molecule has 1 aromatic rings. The minimum absolute atomic E-state index is 0.246. The van der Waals surface area contributed by atoms with E-state index in [0.29, 0.717) is 11.1 Å². The molecular formula is C14H13FO4. The van der Waals surface area contributed by atoms with Gasteiger partial charge in [-0.3, -0.25) is 0 Å². The van der Waals surface area contributed by atoms with Crippen LogP contribution in [0.3, 0.4) is 0 Å². The van der Waals surface area contributed by atoms with Gasteiger partial charge < -0.3 is 9.47 Å². The fourth-order valence-electron chi connectivity index (χ4n) is 1.79. The number of halogens is 1. The summed E-state index contributed by atoms with van der Waals surface area (Å²) in [6.45, 7) is 4.64. The number of benzene rings is 1. The van der Waals surface area contributed by atoms with Gasteiger partial charge in [0.15, 0.2) is 0 Å². The van der Waals surface area contributed by atoms with Gasteiger partial charge in [0.25, 0.3) is 5.79 Å². The highest BCUT2D eigenvalue weighted by Gasteiger charge is 2.38. The summed E-state index contributed by atoms with van der Waals surface area (Å²) >= 11 is 0. The molecule has 0 amide bonds. The van der Waals surface area contributed by atoms with Gasteiger partial charge in [0.1, 0.15) is 11.4 Å². The zero-order chi connectivity index (χ0) is 14.2. The Bertz CT molecular complexity index is 545. The van der Waals surface area contributed by atoms with Crippen molar-refractivity contribution in [2.45, 2.75) is 26.6 Å². The minimum atomic E-state index is -1.27. The molecule has 4 nitrogen and oxygen atoms in total. The maximum atomic E-state index is 13.2. The van der Waals surface area contributed by atoms with Crippen LogP contribution in [0.4, 0.5) is 4.39 Å². The van der Waals surface area contributed by atoms with Gasteiger partial charge in [0.05, 0.1) is 0 Å². The van der Waals surface area contributed by atoms with Gasteiger partial charge in [-0.2, -0.15) is 0 Å². The van der Waals surface area contributed by atoms with Crippen molar-refractivity contribution in [2.75, 3.05) is 0 Å². The van der Waals surface area contributed by atoms with Crippen molar-refractivity contribution in [3.63, 3.8) is 0 Å². The standard InChI is InChI=1S/C14H13FO4/c1-8-4-9(6-10(15)5-8)7-11-12(16)18-14(2,3)19-13(11)17/h4-7H,1-3H3. The number of carbonyl (C=O) groups excluding carboxylic acids is 2. The van der Waals surface area contributed by atoms with Gasteiger partial charge in [0.2, 0.25) is 0 Å². The largest absolute Gasteiger partial charge is 0.419 e. The highest BCUT2D eigenvalue weighted by atomic mass is 19.1. The smallest absolute Gasteiger partial charge is 0.348 e. The third kappa shape index (κ3) is 2.99. The Morgan fingerprint density at radius 3 is 2.21 bits per heavy atom.